The molecule has 0 aliphatic carbocycles. The minimum absolute atomic E-state index is 0.0189. The summed E-state index contributed by atoms with van der Waals surface area (Å²) in [5, 5.41) is 11.4. The fraction of sp³-hybridized carbons (Fsp3) is 0.364. The molecule has 7 heteroatoms. The molecule has 0 fully saturated rings. The van der Waals surface area contributed by atoms with Gasteiger partial charge in [-0.15, -0.1) is 10.2 Å². The van der Waals surface area contributed by atoms with Crippen molar-refractivity contribution in [2.75, 3.05) is 6.61 Å². The molecule has 0 spiro atoms. The highest BCUT2D eigenvalue weighted by Gasteiger charge is 2.50. The standard InChI is InChI=1S/C22H27Br2N3OSi/c1-17(27-25-20(23)21(24)26-27)15-16-28-29(22(2,3)4,18-11-7-5-8-12-18)19-13-9-6-10-14-19/h5-14,17H,15-16H2,1-4H3. The van der Waals surface area contributed by atoms with Crippen molar-refractivity contribution in [3.63, 3.8) is 0 Å². The maximum atomic E-state index is 6.94. The Morgan fingerprint density at radius 1 is 0.897 bits per heavy atom. The van der Waals surface area contributed by atoms with Crippen LogP contribution in [0.2, 0.25) is 5.04 Å². The van der Waals surface area contributed by atoms with E-state index in [-0.39, 0.29) is 11.1 Å². The van der Waals surface area contributed by atoms with Crippen molar-refractivity contribution in [2.24, 2.45) is 0 Å². The predicted octanol–water partition coefficient (Wildman–Crippen LogP) is 5.33. The molecule has 1 unspecified atom stereocenters. The molecular formula is C22H27Br2N3OSi. The zero-order valence-electron chi connectivity index (χ0n) is 17.3. The molecule has 0 amide bonds. The molecule has 0 aliphatic heterocycles. The van der Waals surface area contributed by atoms with E-state index >= 15 is 0 Å². The van der Waals surface area contributed by atoms with E-state index in [2.05, 4.69) is 130 Å². The molecule has 1 aromatic heterocycles. The van der Waals surface area contributed by atoms with Crippen LogP contribution < -0.4 is 10.4 Å². The maximum absolute atomic E-state index is 6.94. The molecule has 3 aromatic rings. The van der Waals surface area contributed by atoms with E-state index in [9.17, 15) is 0 Å². The summed E-state index contributed by atoms with van der Waals surface area (Å²) in [6.07, 6.45) is 0.831. The molecule has 29 heavy (non-hydrogen) atoms. The number of aromatic nitrogens is 3. The average molecular weight is 537 g/mol. The fourth-order valence-electron chi connectivity index (χ4n) is 3.74. The highest BCUT2D eigenvalue weighted by Crippen LogP contribution is 2.37. The first-order valence-electron chi connectivity index (χ1n) is 9.78. The van der Waals surface area contributed by atoms with Gasteiger partial charge in [0.15, 0.2) is 9.21 Å². The molecule has 4 nitrogen and oxygen atoms in total. The number of hydrogen-bond acceptors (Lipinski definition) is 3. The van der Waals surface area contributed by atoms with Crippen molar-refractivity contribution in [3.8, 4) is 0 Å². The molecule has 0 aliphatic rings. The average Bonchev–Trinajstić information content (AvgIpc) is 3.04. The van der Waals surface area contributed by atoms with Gasteiger partial charge in [0.05, 0.1) is 6.04 Å². The smallest absolute Gasteiger partial charge is 0.261 e. The number of nitrogens with zero attached hydrogens (tertiary/aromatic N) is 3. The van der Waals surface area contributed by atoms with Crippen LogP contribution in [0.5, 0.6) is 0 Å². The predicted molar refractivity (Wildman–Crippen MR) is 128 cm³/mol. The molecule has 1 atom stereocenters. The summed E-state index contributed by atoms with van der Waals surface area (Å²) in [7, 11) is -2.49. The minimum atomic E-state index is -2.49. The Kier molecular flexibility index (Phi) is 7.14. The zero-order valence-corrected chi connectivity index (χ0v) is 21.4. The summed E-state index contributed by atoms with van der Waals surface area (Å²) in [5.41, 5.74) is 0. The van der Waals surface area contributed by atoms with Crippen LogP contribution in [0.15, 0.2) is 69.9 Å². The van der Waals surface area contributed by atoms with Crippen LogP contribution in [0.1, 0.15) is 40.2 Å². The van der Waals surface area contributed by atoms with Gasteiger partial charge in [0.2, 0.25) is 0 Å². The van der Waals surface area contributed by atoms with Crippen molar-refractivity contribution >= 4 is 50.6 Å². The summed E-state index contributed by atoms with van der Waals surface area (Å²) in [4.78, 5) is 1.74. The second kappa shape index (κ2) is 9.25. The molecule has 3 rings (SSSR count). The second-order valence-electron chi connectivity index (χ2n) is 8.25. The largest absolute Gasteiger partial charge is 0.407 e. The Balaban J connectivity index is 1.91. The van der Waals surface area contributed by atoms with Crippen molar-refractivity contribution in [1.29, 1.82) is 0 Å². The Hall–Kier alpha value is -1.28. The lowest BCUT2D eigenvalue weighted by Gasteiger charge is -2.43. The second-order valence-corrected chi connectivity index (χ2v) is 14.1. The number of rotatable bonds is 7. The monoisotopic (exact) mass is 535 g/mol. The van der Waals surface area contributed by atoms with Crippen LogP contribution in [0, 0.1) is 0 Å². The fourth-order valence-corrected chi connectivity index (χ4v) is 8.80. The molecule has 0 radical (unpaired) electrons. The lowest BCUT2D eigenvalue weighted by Crippen LogP contribution is -2.66. The number of hydrogen-bond donors (Lipinski definition) is 0. The SMILES string of the molecule is CC(CCO[Si](c1ccccc1)(c1ccccc1)C(C)(C)C)n1nc(Br)c(Br)n1. The van der Waals surface area contributed by atoms with Crippen LogP contribution in [0.3, 0.4) is 0 Å². The van der Waals surface area contributed by atoms with Crippen LogP contribution in [0.4, 0.5) is 0 Å². The summed E-state index contributed by atoms with van der Waals surface area (Å²) in [6, 6.07) is 21.6. The van der Waals surface area contributed by atoms with Crippen LogP contribution >= 0.6 is 31.9 Å². The van der Waals surface area contributed by atoms with Gasteiger partial charge in [0, 0.05) is 6.61 Å². The van der Waals surface area contributed by atoms with Gasteiger partial charge in [-0.3, -0.25) is 0 Å². The molecule has 0 saturated heterocycles. The summed E-state index contributed by atoms with van der Waals surface area (Å²) < 4.78 is 8.38. The van der Waals surface area contributed by atoms with E-state index in [1.54, 1.807) is 4.80 Å². The highest BCUT2D eigenvalue weighted by molar-refractivity contribution is 9.13. The maximum Gasteiger partial charge on any atom is 0.261 e. The minimum Gasteiger partial charge on any atom is -0.407 e. The van der Waals surface area contributed by atoms with E-state index in [0.717, 1.165) is 15.6 Å². The van der Waals surface area contributed by atoms with Crippen molar-refractivity contribution in [3.05, 3.63) is 69.9 Å². The zero-order chi connectivity index (χ0) is 21.1. The normalized spacial score (nSPS) is 13.4. The van der Waals surface area contributed by atoms with E-state index in [1.807, 2.05) is 0 Å². The Labute approximate surface area is 191 Å². The number of benzene rings is 2. The third-order valence-electron chi connectivity index (χ3n) is 5.22. The Morgan fingerprint density at radius 2 is 1.34 bits per heavy atom. The van der Waals surface area contributed by atoms with Crippen LogP contribution in [0.25, 0.3) is 0 Å². The molecule has 1 heterocycles. The molecule has 2 aromatic carbocycles. The quantitative estimate of drug-likeness (QED) is 0.383. The lowest BCUT2D eigenvalue weighted by atomic mass is 10.2. The number of halogens is 2. The van der Waals surface area contributed by atoms with Crippen LogP contribution in [-0.4, -0.2) is 29.9 Å². The van der Waals surface area contributed by atoms with E-state index < -0.39 is 8.32 Å². The van der Waals surface area contributed by atoms with Crippen molar-refractivity contribution in [1.82, 2.24) is 15.0 Å². The summed E-state index contributed by atoms with van der Waals surface area (Å²) >= 11 is 6.81. The van der Waals surface area contributed by atoms with Crippen molar-refractivity contribution in [2.45, 2.75) is 45.2 Å². The van der Waals surface area contributed by atoms with Gasteiger partial charge in [-0.05, 0) is 60.6 Å². The van der Waals surface area contributed by atoms with Gasteiger partial charge in [-0.2, -0.15) is 4.80 Å². The van der Waals surface area contributed by atoms with Crippen molar-refractivity contribution < 1.29 is 4.43 Å². The van der Waals surface area contributed by atoms with E-state index in [1.165, 1.54) is 10.4 Å². The van der Waals surface area contributed by atoms with E-state index in [0.29, 0.717) is 6.61 Å². The van der Waals surface area contributed by atoms with Gasteiger partial charge >= 0.3 is 0 Å². The van der Waals surface area contributed by atoms with E-state index in [4.69, 9.17) is 4.43 Å². The summed E-state index contributed by atoms with van der Waals surface area (Å²) in [5.74, 6) is 0. The highest BCUT2D eigenvalue weighted by atomic mass is 79.9. The van der Waals surface area contributed by atoms with Gasteiger partial charge < -0.3 is 4.43 Å². The molecule has 154 valence electrons. The first-order valence-corrected chi connectivity index (χ1v) is 13.3. The third-order valence-corrected chi connectivity index (χ3v) is 11.9. The Bertz CT molecular complexity index is 867. The van der Waals surface area contributed by atoms with Gasteiger partial charge in [-0.1, -0.05) is 81.4 Å². The molecule has 0 N–H and O–H groups in total. The third kappa shape index (κ3) is 4.73. The van der Waals surface area contributed by atoms with Gasteiger partial charge in [0.1, 0.15) is 0 Å². The van der Waals surface area contributed by atoms with Crippen LogP contribution in [-0.2, 0) is 4.43 Å². The summed E-state index contributed by atoms with van der Waals surface area (Å²) in [6.45, 7) is 9.66. The first-order chi connectivity index (χ1) is 13.8. The lowest BCUT2D eigenvalue weighted by molar-refractivity contribution is 0.255. The Morgan fingerprint density at radius 3 is 1.76 bits per heavy atom. The molecule has 0 bridgehead atoms. The van der Waals surface area contributed by atoms with Gasteiger partial charge in [-0.25, -0.2) is 0 Å². The van der Waals surface area contributed by atoms with Gasteiger partial charge in [0.25, 0.3) is 8.32 Å². The molecular weight excluding hydrogens is 510 g/mol. The first kappa shape index (κ1) is 22.4. The molecule has 0 saturated carbocycles. The topological polar surface area (TPSA) is 39.9 Å².